The fourth-order valence-corrected chi connectivity index (χ4v) is 1.46. The molecule has 0 aliphatic rings. The molecule has 0 aromatic heterocycles. The van der Waals surface area contributed by atoms with Gasteiger partial charge in [0.15, 0.2) is 0 Å². The average Bonchev–Trinajstić information content (AvgIpc) is 2.48. The first kappa shape index (κ1) is 12.6. The molecule has 0 amide bonds. The molecule has 0 unspecified atom stereocenters. The molecular weight excluding hydrogens is 240 g/mol. The van der Waals surface area contributed by atoms with Gasteiger partial charge in [0, 0.05) is 0 Å². The molecule has 0 heterocycles. The first-order valence-corrected chi connectivity index (χ1v) is 5.63. The molecule has 0 bridgehead atoms. The van der Waals surface area contributed by atoms with E-state index in [4.69, 9.17) is 10.00 Å². The number of ether oxygens (including phenoxy) is 1. The molecule has 0 fully saturated rings. The standard InChI is InChI=1S/C14H12N4O/c1-19-13-8-6-12(7-9-13)16-18-17-14-5-3-2-4-11(14)10-15/h2-9H,1H3,(H,16,17). The van der Waals surface area contributed by atoms with E-state index in [2.05, 4.69) is 21.8 Å². The van der Waals surface area contributed by atoms with Crippen LogP contribution in [0.15, 0.2) is 58.9 Å². The van der Waals surface area contributed by atoms with E-state index < -0.39 is 0 Å². The van der Waals surface area contributed by atoms with Gasteiger partial charge in [-0.2, -0.15) is 5.26 Å². The molecule has 0 saturated heterocycles. The molecule has 0 aliphatic heterocycles. The fourth-order valence-electron chi connectivity index (χ4n) is 1.46. The molecule has 0 saturated carbocycles. The van der Waals surface area contributed by atoms with E-state index in [1.165, 1.54) is 0 Å². The van der Waals surface area contributed by atoms with Gasteiger partial charge in [-0.15, -0.1) is 5.11 Å². The van der Waals surface area contributed by atoms with Gasteiger partial charge in [-0.05, 0) is 36.4 Å². The molecule has 1 N–H and O–H groups in total. The highest BCUT2D eigenvalue weighted by atomic mass is 16.5. The van der Waals surface area contributed by atoms with Crippen molar-refractivity contribution in [2.24, 2.45) is 10.3 Å². The summed E-state index contributed by atoms with van der Waals surface area (Å²) in [6.45, 7) is 0. The van der Waals surface area contributed by atoms with Crippen molar-refractivity contribution in [1.82, 2.24) is 0 Å². The number of benzene rings is 2. The second kappa shape index (κ2) is 6.17. The molecule has 2 aromatic rings. The number of nitrogens with zero attached hydrogens (tertiary/aromatic N) is 3. The van der Waals surface area contributed by atoms with Crippen molar-refractivity contribution in [1.29, 1.82) is 5.26 Å². The number of rotatable bonds is 4. The summed E-state index contributed by atoms with van der Waals surface area (Å²) in [6, 6.07) is 16.4. The minimum Gasteiger partial charge on any atom is -0.497 e. The van der Waals surface area contributed by atoms with E-state index in [9.17, 15) is 0 Å². The SMILES string of the molecule is COc1ccc(NN=Nc2ccccc2C#N)cc1. The van der Waals surface area contributed by atoms with Gasteiger partial charge >= 0.3 is 0 Å². The number of nitrogens with one attached hydrogen (secondary N) is 1. The smallest absolute Gasteiger partial charge is 0.119 e. The molecule has 0 spiro atoms. The number of hydrogen-bond donors (Lipinski definition) is 1. The van der Waals surface area contributed by atoms with Crippen LogP contribution >= 0.6 is 0 Å². The second-order valence-electron chi connectivity index (χ2n) is 3.67. The van der Waals surface area contributed by atoms with Crippen LogP contribution in [0.4, 0.5) is 11.4 Å². The van der Waals surface area contributed by atoms with E-state index in [1.807, 2.05) is 30.3 Å². The van der Waals surface area contributed by atoms with Gasteiger partial charge in [-0.25, -0.2) is 0 Å². The lowest BCUT2D eigenvalue weighted by Crippen LogP contribution is -1.87. The predicted octanol–water partition coefficient (Wildman–Crippen LogP) is 3.68. The Labute approximate surface area is 111 Å². The van der Waals surface area contributed by atoms with Gasteiger partial charge < -0.3 is 4.74 Å². The molecule has 0 radical (unpaired) electrons. The zero-order chi connectivity index (χ0) is 13.5. The van der Waals surface area contributed by atoms with Gasteiger partial charge in [-0.3, -0.25) is 5.43 Å². The van der Waals surface area contributed by atoms with Crippen LogP contribution in [0.5, 0.6) is 5.75 Å². The highest BCUT2D eigenvalue weighted by Gasteiger charge is 1.98. The van der Waals surface area contributed by atoms with Gasteiger partial charge in [0.2, 0.25) is 0 Å². The van der Waals surface area contributed by atoms with E-state index in [-0.39, 0.29) is 0 Å². The van der Waals surface area contributed by atoms with Crippen LogP contribution in [0, 0.1) is 11.3 Å². The lowest BCUT2D eigenvalue weighted by molar-refractivity contribution is 0.415. The Morgan fingerprint density at radius 3 is 2.53 bits per heavy atom. The highest BCUT2D eigenvalue weighted by molar-refractivity contribution is 5.52. The molecule has 2 rings (SSSR count). The van der Waals surface area contributed by atoms with Crippen molar-refractivity contribution in [2.75, 3.05) is 12.5 Å². The molecule has 2 aromatic carbocycles. The Kier molecular flexibility index (Phi) is 4.09. The number of methoxy groups -OCH3 is 1. The van der Waals surface area contributed by atoms with Crippen LogP contribution in [0.1, 0.15) is 5.56 Å². The van der Waals surface area contributed by atoms with Crippen molar-refractivity contribution in [2.45, 2.75) is 0 Å². The van der Waals surface area contributed by atoms with Gasteiger partial charge in [0.25, 0.3) is 0 Å². The maximum Gasteiger partial charge on any atom is 0.119 e. The minimum absolute atomic E-state index is 0.489. The van der Waals surface area contributed by atoms with Gasteiger partial charge in [0.1, 0.15) is 17.5 Å². The van der Waals surface area contributed by atoms with Gasteiger partial charge in [0.05, 0.1) is 18.4 Å². The first-order valence-electron chi connectivity index (χ1n) is 5.63. The summed E-state index contributed by atoms with van der Waals surface area (Å²) >= 11 is 0. The lowest BCUT2D eigenvalue weighted by Gasteiger charge is -2.01. The Hall–Kier alpha value is -2.87. The first-order chi connectivity index (χ1) is 9.33. The van der Waals surface area contributed by atoms with Gasteiger partial charge in [-0.1, -0.05) is 17.4 Å². The Bertz CT molecular complexity index is 614. The van der Waals surface area contributed by atoms with E-state index >= 15 is 0 Å². The third-order valence-corrected chi connectivity index (χ3v) is 2.45. The predicted molar refractivity (Wildman–Crippen MR) is 72.3 cm³/mol. The molecule has 94 valence electrons. The third kappa shape index (κ3) is 3.30. The monoisotopic (exact) mass is 252 g/mol. The number of hydrogen-bond acceptors (Lipinski definition) is 4. The Balaban J connectivity index is 2.05. The maximum absolute atomic E-state index is 8.91. The molecule has 0 atom stereocenters. The third-order valence-electron chi connectivity index (χ3n) is 2.45. The maximum atomic E-state index is 8.91. The summed E-state index contributed by atoms with van der Waals surface area (Å²) in [4.78, 5) is 0. The zero-order valence-corrected chi connectivity index (χ0v) is 10.4. The largest absolute Gasteiger partial charge is 0.497 e. The summed E-state index contributed by atoms with van der Waals surface area (Å²) < 4.78 is 5.06. The van der Waals surface area contributed by atoms with E-state index in [0.717, 1.165) is 11.4 Å². The normalized spacial score (nSPS) is 10.1. The summed E-state index contributed by atoms with van der Waals surface area (Å²) in [5.74, 6) is 0.775. The van der Waals surface area contributed by atoms with Crippen LogP contribution < -0.4 is 10.2 Å². The number of nitriles is 1. The van der Waals surface area contributed by atoms with Crippen molar-refractivity contribution in [3.63, 3.8) is 0 Å². The minimum atomic E-state index is 0.489. The number of anilines is 1. The van der Waals surface area contributed by atoms with Crippen LogP contribution in [0.3, 0.4) is 0 Å². The molecule has 19 heavy (non-hydrogen) atoms. The van der Waals surface area contributed by atoms with Crippen LogP contribution in [0.2, 0.25) is 0 Å². The Morgan fingerprint density at radius 2 is 1.84 bits per heavy atom. The highest BCUT2D eigenvalue weighted by Crippen LogP contribution is 2.19. The summed E-state index contributed by atoms with van der Waals surface area (Å²) in [5, 5.41) is 16.7. The van der Waals surface area contributed by atoms with Crippen LogP contribution in [0.25, 0.3) is 0 Å². The Morgan fingerprint density at radius 1 is 1.11 bits per heavy atom. The quantitative estimate of drug-likeness (QED) is 0.666. The topological polar surface area (TPSA) is 69.8 Å². The van der Waals surface area contributed by atoms with Crippen molar-refractivity contribution < 1.29 is 4.74 Å². The van der Waals surface area contributed by atoms with Crippen LogP contribution in [-0.4, -0.2) is 7.11 Å². The molecule has 5 nitrogen and oxygen atoms in total. The average molecular weight is 252 g/mol. The zero-order valence-electron chi connectivity index (χ0n) is 10.4. The van der Waals surface area contributed by atoms with Crippen molar-refractivity contribution >= 4 is 11.4 Å². The second-order valence-corrected chi connectivity index (χ2v) is 3.67. The summed E-state index contributed by atoms with van der Waals surface area (Å²) in [7, 11) is 1.61. The van der Waals surface area contributed by atoms with Crippen LogP contribution in [-0.2, 0) is 0 Å². The fraction of sp³-hybridized carbons (Fsp3) is 0.0714. The van der Waals surface area contributed by atoms with E-state index in [0.29, 0.717) is 11.3 Å². The molecular formula is C14H12N4O. The summed E-state index contributed by atoms with van der Waals surface area (Å²) in [6.07, 6.45) is 0. The van der Waals surface area contributed by atoms with Crippen molar-refractivity contribution in [3.8, 4) is 11.8 Å². The molecule has 5 heteroatoms. The van der Waals surface area contributed by atoms with E-state index in [1.54, 1.807) is 25.3 Å². The molecule has 0 aliphatic carbocycles. The summed E-state index contributed by atoms with van der Waals surface area (Å²) in [5.41, 5.74) is 4.60. The lowest BCUT2D eigenvalue weighted by atomic mass is 10.2. The van der Waals surface area contributed by atoms with Crippen molar-refractivity contribution in [3.05, 3.63) is 54.1 Å².